The number of oxazole rings is 1. The van der Waals surface area contributed by atoms with E-state index in [2.05, 4.69) is 20.9 Å². The fourth-order valence-corrected chi connectivity index (χ4v) is 2.08. The van der Waals surface area contributed by atoms with Gasteiger partial charge in [0, 0.05) is 17.3 Å². The molecular formula is C13H10BrNO2. The molecule has 0 radical (unpaired) electrons. The van der Waals surface area contributed by atoms with Crippen LogP contribution in [0.1, 0.15) is 11.7 Å². The number of fused-ring (bicyclic) bond motifs is 1. The van der Waals surface area contributed by atoms with Gasteiger partial charge in [-0.15, -0.1) is 0 Å². The van der Waals surface area contributed by atoms with E-state index in [4.69, 9.17) is 8.83 Å². The molecule has 0 saturated carbocycles. The van der Waals surface area contributed by atoms with Gasteiger partial charge in [-0.1, -0.05) is 15.9 Å². The molecule has 0 aliphatic carbocycles. The van der Waals surface area contributed by atoms with E-state index in [1.54, 1.807) is 6.26 Å². The molecule has 1 aromatic carbocycles. The minimum atomic E-state index is 0.745. The summed E-state index contributed by atoms with van der Waals surface area (Å²) in [6, 6.07) is 9.68. The Morgan fingerprint density at radius 2 is 2.12 bits per heavy atom. The lowest BCUT2D eigenvalue weighted by Crippen LogP contribution is -1.88. The zero-order valence-corrected chi connectivity index (χ0v) is 10.6. The molecule has 3 aromatic rings. The molecule has 3 nitrogen and oxygen atoms in total. The third-order valence-electron chi connectivity index (χ3n) is 2.56. The molecule has 86 valence electrons. The summed E-state index contributed by atoms with van der Waals surface area (Å²) < 4.78 is 11.9. The van der Waals surface area contributed by atoms with Crippen molar-refractivity contribution < 1.29 is 8.83 Å². The lowest BCUT2D eigenvalue weighted by atomic mass is 10.2. The maximum atomic E-state index is 5.66. The second-order valence-electron chi connectivity index (χ2n) is 3.80. The number of furan rings is 1. The molecule has 0 aliphatic heterocycles. The smallest absolute Gasteiger partial charge is 0.195 e. The van der Waals surface area contributed by atoms with Crippen LogP contribution in [0.5, 0.6) is 0 Å². The first kappa shape index (κ1) is 10.6. The summed E-state index contributed by atoms with van der Waals surface area (Å²) >= 11 is 3.41. The maximum Gasteiger partial charge on any atom is 0.195 e. The largest absolute Gasteiger partial charge is 0.469 e. The first-order valence-electron chi connectivity index (χ1n) is 5.38. The molecule has 0 unspecified atom stereocenters. The van der Waals surface area contributed by atoms with E-state index in [9.17, 15) is 0 Å². The fourth-order valence-electron chi connectivity index (χ4n) is 1.74. The maximum absolute atomic E-state index is 5.66. The fraction of sp³-hybridized carbons (Fsp3) is 0.154. The molecule has 4 heteroatoms. The number of nitrogens with zero attached hydrogens (tertiary/aromatic N) is 1. The Bertz CT molecular complexity index is 628. The quantitative estimate of drug-likeness (QED) is 0.733. The summed E-state index contributed by atoms with van der Waals surface area (Å²) in [6.07, 6.45) is 3.24. The van der Waals surface area contributed by atoms with Gasteiger partial charge in [-0.25, -0.2) is 4.98 Å². The number of benzene rings is 1. The van der Waals surface area contributed by atoms with Crippen LogP contribution >= 0.6 is 15.9 Å². The standard InChI is InChI=1S/C13H10BrNO2/c14-9-3-5-11-12(8-9)17-13(15-11)6-4-10-2-1-7-16-10/h1-3,5,7-8H,4,6H2. The van der Waals surface area contributed by atoms with Gasteiger partial charge in [0.1, 0.15) is 11.3 Å². The van der Waals surface area contributed by atoms with Crippen LogP contribution in [0.4, 0.5) is 0 Å². The number of rotatable bonds is 3. The summed E-state index contributed by atoms with van der Waals surface area (Å²) in [4.78, 5) is 4.42. The average Bonchev–Trinajstić information content (AvgIpc) is 2.94. The van der Waals surface area contributed by atoms with Crippen molar-refractivity contribution in [2.45, 2.75) is 12.8 Å². The third-order valence-corrected chi connectivity index (χ3v) is 3.05. The molecule has 3 rings (SSSR count). The summed E-state index contributed by atoms with van der Waals surface area (Å²) in [5.74, 6) is 1.70. The van der Waals surface area contributed by atoms with E-state index >= 15 is 0 Å². The Hall–Kier alpha value is -1.55. The highest BCUT2D eigenvalue weighted by Crippen LogP contribution is 2.21. The number of halogens is 1. The van der Waals surface area contributed by atoms with E-state index in [-0.39, 0.29) is 0 Å². The minimum absolute atomic E-state index is 0.745. The highest BCUT2D eigenvalue weighted by molar-refractivity contribution is 9.10. The zero-order valence-electron chi connectivity index (χ0n) is 9.02. The van der Waals surface area contributed by atoms with Crippen LogP contribution < -0.4 is 0 Å². The van der Waals surface area contributed by atoms with Gasteiger partial charge in [-0.05, 0) is 30.3 Å². The Balaban J connectivity index is 1.81. The summed E-state index contributed by atoms with van der Waals surface area (Å²) in [5, 5.41) is 0. The van der Waals surface area contributed by atoms with Gasteiger partial charge in [0.05, 0.1) is 6.26 Å². The highest BCUT2D eigenvalue weighted by Gasteiger charge is 2.07. The van der Waals surface area contributed by atoms with Crippen LogP contribution in [-0.2, 0) is 12.8 Å². The normalized spacial score (nSPS) is 11.1. The minimum Gasteiger partial charge on any atom is -0.469 e. The number of hydrogen-bond donors (Lipinski definition) is 0. The van der Waals surface area contributed by atoms with E-state index < -0.39 is 0 Å². The Morgan fingerprint density at radius 3 is 2.94 bits per heavy atom. The summed E-state index contributed by atoms with van der Waals surface area (Å²) in [6.45, 7) is 0. The molecule has 0 amide bonds. The first-order valence-corrected chi connectivity index (χ1v) is 6.18. The van der Waals surface area contributed by atoms with E-state index in [0.29, 0.717) is 0 Å². The van der Waals surface area contributed by atoms with Crippen molar-refractivity contribution in [1.29, 1.82) is 0 Å². The van der Waals surface area contributed by atoms with Gasteiger partial charge in [0.25, 0.3) is 0 Å². The lowest BCUT2D eigenvalue weighted by Gasteiger charge is -1.91. The van der Waals surface area contributed by atoms with Gasteiger partial charge >= 0.3 is 0 Å². The molecule has 0 spiro atoms. The zero-order chi connectivity index (χ0) is 11.7. The molecule has 0 saturated heterocycles. The van der Waals surface area contributed by atoms with Gasteiger partial charge in [0.15, 0.2) is 11.5 Å². The first-order chi connectivity index (χ1) is 8.31. The average molecular weight is 292 g/mol. The molecule has 2 heterocycles. The molecule has 0 fully saturated rings. The number of hydrogen-bond acceptors (Lipinski definition) is 3. The molecule has 17 heavy (non-hydrogen) atoms. The van der Waals surface area contributed by atoms with Crippen LogP contribution in [0.15, 0.2) is 49.9 Å². The van der Waals surface area contributed by atoms with Crippen molar-refractivity contribution in [3.8, 4) is 0 Å². The molecular weight excluding hydrogens is 282 g/mol. The van der Waals surface area contributed by atoms with Crippen molar-refractivity contribution in [3.05, 3.63) is 52.7 Å². The second-order valence-corrected chi connectivity index (χ2v) is 4.71. The number of aromatic nitrogens is 1. The van der Waals surface area contributed by atoms with Crippen molar-refractivity contribution in [3.63, 3.8) is 0 Å². The predicted octanol–water partition coefficient (Wildman–Crippen LogP) is 3.97. The SMILES string of the molecule is Brc1ccc2nc(CCc3ccco3)oc2c1. The van der Waals surface area contributed by atoms with Crippen LogP contribution in [0.3, 0.4) is 0 Å². The van der Waals surface area contributed by atoms with Crippen LogP contribution in [-0.4, -0.2) is 4.98 Å². The lowest BCUT2D eigenvalue weighted by molar-refractivity contribution is 0.480. The molecule has 0 aliphatic rings. The Labute approximate surface area is 107 Å². The number of aryl methyl sites for hydroxylation is 2. The van der Waals surface area contributed by atoms with Crippen LogP contribution in [0.25, 0.3) is 11.1 Å². The highest BCUT2D eigenvalue weighted by atomic mass is 79.9. The van der Waals surface area contributed by atoms with E-state index in [0.717, 1.165) is 40.1 Å². The van der Waals surface area contributed by atoms with Crippen molar-refractivity contribution in [2.75, 3.05) is 0 Å². The van der Waals surface area contributed by atoms with Crippen LogP contribution in [0, 0.1) is 0 Å². The summed E-state index contributed by atoms with van der Waals surface area (Å²) in [5.41, 5.74) is 1.71. The molecule has 0 atom stereocenters. The van der Waals surface area contributed by atoms with E-state index in [1.165, 1.54) is 0 Å². The second kappa shape index (κ2) is 4.37. The predicted molar refractivity (Wildman–Crippen MR) is 67.8 cm³/mol. The van der Waals surface area contributed by atoms with Crippen LogP contribution in [0.2, 0.25) is 0 Å². The molecule has 2 aromatic heterocycles. The third kappa shape index (κ3) is 2.26. The van der Waals surface area contributed by atoms with Gasteiger partial charge in [-0.3, -0.25) is 0 Å². The van der Waals surface area contributed by atoms with Crippen molar-refractivity contribution in [1.82, 2.24) is 4.98 Å². The Morgan fingerprint density at radius 1 is 1.18 bits per heavy atom. The van der Waals surface area contributed by atoms with Gasteiger partial charge < -0.3 is 8.83 Å². The van der Waals surface area contributed by atoms with Gasteiger partial charge in [-0.2, -0.15) is 0 Å². The van der Waals surface area contributed by atoms with Crippen molar-refractivity contribution in [2.24, 2.45) is 0 Å². The topological polar surface area (TPSA) is 39.2 Å². The van der Waals surface area contributed by atoms with Gasteiger partial charge in [0.2, 0.25) is 0 Å². The summed E-state index contributed by atoms with van der Waals surface area (Å²) in [7, 11) is 0. The Kier molecular flexibility index (Phi) is 2.73. The molecule has 0 bridgehead atoms. The molecule has 0 N–H and O–H groups in total. The monoisotopic (exact) mass is 291 g/mol. The van der Waals surface area contributed by atoms with E-state index in [1.807, 2.05) is 30.3 Å². The van der Waals surface area contributed by atoms with Crippen molar-refractivity contribution >= 4 is 27.0 Å².